The Balaban J connectivity index is 1.71. The number of nitrogens with zero attached hydrogens (tertiary/aromatic N) is 4. The van der Waals surface area contributed by atoms with Crippen LogP contribution in [0, 0.1) is 0 Å². The van der Waals surface area contributed by atoms with Gasteiger partial charge in [-0.25, -0.2) is 9.97 Å². The van der Waals surface area contributed by atoms with Crippen LogP contribution >= 0.6 is 0 Å². The fraction of sp³-hybridized carbons (Fsp3) is 0. The monoisotopic (exact) mass is 288 g/mol. The van der Waals surface area contributed by atoms with Gasteiger partial charge in [-0.3, -0.25) is 0 Å². The summed E-state index contributed by atoms with van der Waals surface area (Å²) in [5.74, 6) is 0.891. The van der Waals surface area contributed by atoms with Crippen molar-refractivity contribution in [2.45, 2.75) is 0 Å². The van der Waals surface area contributed by atoms with Gasteiger partial charge in [0, 0.05) is 18.0 Å². The first-order chi connectivity index (χ1) is 10.9. The minimum Gasteiger partial charge on any atom is -0.328 e. The number of azo groups is 1. The predicted octanol–water partition coefficient (Wildman–Crippen LogP) is 4.37. The van der Waals surface area contributed by atoms with Crippen LogP contribution in [-0.4, -0.2) is 19.9 Å². The van der Waals surface area contributed by atoms with Crippen LogP contribution in [0.4, 0.5) is 11.9 Å². The van der Waals surface area contributed by atoms with Crippen molar-refractivity contribution in [1.29, 1.82) is 0 Å². The Labute approximate surface area is 126 Å². The molecule has 2 heterocycles. The number of fused-ring (bicyclic) bond motifs is 1. The highest BCUT2D eigenvalue weighted by molar-refractivity contribution is 5.95. The summed E-state index contributed by atoms with van der Waals surface area (Å²) in [6, 6.07) is 14.4. The molecule has 4 aromatic rings. The smallest absolute Gasteiger partial charge is 0.247 e. The standard InChI is InChI=1S/C16H12N6/c1-2-6-12-11(4-1)5-3-7-13(12)14-10-19-16(20-14)22-21-15-17-8-9-18-15/h1-10H,(H,17,18)(H,19,20). The van der Waals surface area contributed by atoms with Crippen LogP contribution in [0.25, 0.3) is 22.0 Å². The average molecular weight is 288 g/mol. The lowest BCUT2D eigenvalue weighted by Crippen LogP contribution is -1.80. The van der Waals surface area contributed by atoms with Crippen LogP contribution < -0.4 is 0 Å². The van der Waals surface area contributed by atoms with Gasteiger partial charge in [0.2, 0.25) is 11.9 Å². The molecule has 0 bridgehead atoms. The summed E-state index contributed by atoms with van der Waals surface area (Å²) in [6.45, 7) is 0. The summed E-state index contributed by atoms with van der Waals surface area (Å²) < 4.78 is 0. The van der Waals surface area contributed by atoms with E-state index in [0.29, 0.717) is 11.9 Å². The fourth-order valence-electron chi connectivity index (χ4n) is 2.37. The quantitative estimate of drug-likeness (QED) is 0.549. The van der Waals surface area contributed by atoms with Crippen molar-refractivity contribution in [3.05, 3.63) is 61.1 Å². The Kier molecular flexibility index (Phi) is 2.97. The molecule has 0 aliphatic carbocycles. The van der Waals surface area contributed by atoms with E-state index in [0.717, 1.165) is 11.3 Å². The summed E-state index contributed by atoms with van der Waals surface area (Å²) in [4.78, 5) is 14.2. The van der Waals surface area contributed by atoms with Gasteiger partial charge in [-0.15, -0.1) is 10.2 Å². The van der Waals surface area contributed by atoms with Gasteiger partial charge in [0.05, 0.1) is 11.9 Å². The van der Waals surface area contributed by atoms with Crippen molar-refractivity contribution >= 4 is 22.7 Å². The van der Waals surface area contributed by atoms with Gasteiger partial charge in [0.25, 0.3) is 0 Å². The fourth-order valence-corrected chi connectivity index (χ4v) is 2.37. The highest BCUT2D eigenvalue weighted by Gasteiger charge is 2.06. The normalized spacial score (nSPS) is 11.5. The molecule has 0 aliphatic rings. The minimum atomic E-state index is 0.444. The molecule has 2 N–H and O–H groups in total. The van der Waals surface area contributed by atoms with E-state index in [1.54, 1.807) is 18.6 Å². The van der Waals surface area contributed by atoms with Gasteiger partial charge >= 0.3 is 0 Å². The Morgan fingerprint density at radius 3 is 2.64 bits per heavy atom. The molecule has 0 unspecified atom stereocenters. The number of aromatic nitrogens is 4. The van der Waals surface area contributed by atoms with Crippen molar-refractivity contribution < 1.29 is 0 Å². The molecule has 2 aromatic carbocycles. The third-order valence-electron chi connectivity index (χ3n) is 3.37. The first kappa shape index (κ1) is 12.5. The van der Waals surface area contributed by atoms with E-state index in [1.807, 2.05) is 18.2 Å². The molecule has 0 saturated carbocycles. The summed E-state index contributed by atoms with van der Waals surface area (Å²) in [7, 11) is 0. The second kappa shape index (κ2) is 5.25. The number of H-pyrrole nitrogens is 2. The molecule has 0 amide bonds. The lowest BCUT2D eigenvalue weighted by atomic mass is 10.0. The number of rotatable bonds is 3. The van der Waals surface area contributed by atoms with Crippen molar-refractivity contribution in [2.24, 2.45) is 10.2 Å². The molecule has 0 saturated heterocycles. The summed E-state index contributed by atoms with van der Waals surface area (Å²) in [5, 5.41) is 10.4. The Morgan fingerprint density at radius 1 is 0.864 bits per heavy atom. The van der Waals surface area contributed by atoms with Crippen molar-refractivity contribution in [2.75, 3.05) is 0 Å². The molecule has 0 radical (unpaired) electrons. The number of nitrogens with one attached hydrogen (secondary N) is 2. The number of hydrogen-bond donors (Lipinski definition) is 2. The maximum atomic E-state index is 4.24. The molecule has 4 rings (SSSR count). The SMILES string of the molecule is c1ccc2c(-c3cnc(N=Nc4ncc[nH]4)[nH]3)cccc2c1. The second-order valence-electron chi connectivity index (χ2n) is 4.76. The van der Waals surface area contributed by atoms with Gasteiger partial charge in [-0.05, 0) is 10.8 Å². The third-order valence-corrected chi connectivity index (χ3v) is 3.37. The second-order valence-corrected chi connectivity index (χ2v) is 4.76. The van der Waals surface area contributed by atoms with E-state index in [9.17, 15) is 0 Å². The first-order valence-corrected chi connectivity index (χ1v) is 6.84. The third kappa shape index (κ3) is 2.26. The lowest BCUT2D eigenvalue weighted by molar-refractivity contribution is 1.07. The van der Waals surface area contributed by atoms with Gasteiger partial charge in [0.1, 0.15) is 0 Å². The van der Waals surface area contributed by atoms with Crippen molar-refractivity contribution in [3.63, 3.8) is 0 Å². The molecule has 6 heteroatoms. The zero-order valence-corrected chi connectivity index (χ0v) is 11.6. The topological polar surface area (TPSA) is 82.1 Å². The van der Waals surface area contributed by atoms with E-state index in [4.69, 9.17) is 0 Å². The predicted molar refractivity (Wildman–Crippen MR) is 84.3 cm³/mol. The number of hydrogen-bond acceptors (Lipinski definition) is 4. The van der Waals surface area contributed by atoms with E-state index in [-0.39, 0.29) is 0 Å². The van der Waals surface area contributed by atoms with Crippen LogP contribution in [0.5, 0.6) is 0 Å². The molecule has 0 spiro atoms. The van der Waals surface area contributed by atoms with Crippen LogP contribution in [0.1, 0.15) is 0 Å². The summed E-state index contributed by atoms with van der Waals surface area (Å²) in [6.07, 6.45) is 5.08. The molecule has 2 aromatic heterocycles. The van der Waals surface area contributed by atoms with Crippen molar-refractivity contribution in [1.82, 2.24) is 19.9 Å². The number of aromatic amines is 2. The Hall–Kier alpha value is -3.28. The largest absolute Gasteiger partial charge is 0.328 e. The molecule has 0 atom stereocenters. The van der Waals surface area contributed by atoms with E-state index in [1.165, 1.54) is 10.8 Å². The molecular formula is C16H12N6. The molecule has 6 nitrogen and oxygen atoms in total. The van der Waals surface area contributed by atoms with Gasteiger partial charge in [-0.2, -0.15) is 0 Å². The van der Waals surface area contributed by atoms with Crippen molar-refractivity contribution in [3.8, 4) is 11.3 Å². The maximum absolute atomic E-state index is 4.24. The van der Waals surface area contributed by atoms with Gasteiger partial charge in [-0.1, -0.05) is 42.5 Å². The van der Waals surface area contributed by atoms with Gasteiger partial charge < -0.3 is 9.97 Å². The maximum Gasteiger partial charge on any atom is 0.247 e. The molecule has 106 valence electrons. The molecule has 22 heavy (non-hydrogen) atoms. The zero-order chi connectivity index (χ0) is 14.8. The van der Waals surface area contributed by atoms with Crippen LogP contribution in [-0.2, 0) is 0 Å². The first-order valence-electron chi connectivity index (χ1n) is 6.84. The number of benzene rings is 2. The molecular weight excluding hydrogens is 276 g/mol. The minimum absolute atomic E-state index is 0.444. The Morgan fingerprint density at radius 2 is 1.73 bits per heavy atom. The van der Waals surface area contributed by atoms with E-state index >= 15 is 0 Å². The molecule has 0 fully saturated rings. The average Bonchev–Trinajstić information content (AvgIpc) is 3.24. The van der Waals surface area contributed by atoms with Crippen LogP contribution in [0.3, 0.4) is 0 Å². The number of imidazole rings is 2. The summed E-state index contributed by atoms with van der Waals surface area (Å²) >= 11 is 0. The van der Waals surface area contributed by atoms with E-state index in [2.05, 4.69) is 54.4 Å². The van der Waals surface area contributed by atoms with Gasteiger partial charge in [0.15, 0.2) is 0 Å². The summed E-state index contributed by atoms with van der Waals surface area (Å²) in [5.41, 5.74) is 2.00. The molecule has 0 aliphatic heterocycles. The van der Waals surface area contributed by atoms with Crippen LogP contribution in [0.2, 0.25) is 0 Å². The highest BCUT2D eigenvalue weighted by atomic mass is 15.3. The lowest BCUT2D eigenvalue weighted by Gasteiger charge is -2.03. The Bertz CT molecular complexity index is 931. The zero-order valence-electron chi connectivity index (χ0n) is 11.6. The van der Waals surface area contributed by atoms with E-state index < -0.39 is 0 Å². The highest BCUT2D eigenvalue weighted by Crippen LogP contribution is 2.28. The van der Waals surface area contributed by atoms with Crippen LogP contribution in [0.15, 0.2) is 71.3 Å².